The second-order valence-electron chi connectivity index (χ2n) is 5.35. The summed E-state index contributed by atoms with van der Waals surface area (Å²) in [6.07, 6.45) is 0. The summed E-state index contributed by atoms with van der Waals surface area (Å²) < 4.78 is 16.6. The van der Waals surface area contributed by atoms with Crippen molar-refractivity contribution in [3.05, 3.63) is 60.5 Å². The van der Waals surface area contributed by atoms with Gasteiger partial charge in [0.1, 0.15) is 11.5 Å². The first kappa shape index (κ1) is 17.4. The van der Waals surface area contributed by atoms with Crippen molar-refractivity contribution in [1.29, 1.82) is 0 Å². The Morgan fingerprint density at radius 1 is 1.00 bits per heavy atom. The fourth-order valence-electron chi connectivity index (χ4n) is 2.22. The van der Waals surface area contributed by atoms with Crippen molar-refractivity contribution in [2.45, 2.75) is 12.2 Å². The monoisotopic (exact) mass is 356 g/mol. The van der Waals surface area contributed by atoms with Gasteiger partial charge in [-0.3, -0.25) is 0 Å². The van der Waals surface area contributed by atoms with Crippen LogP contribution < -0.4 is 9.47 Å². The molecule has 0 fully saturated rings. The average molecular weight is 356 g/mol. The van der Waals surface area contributed by atoms with Crippen molar-refractivity contribution in [3.8, 4) is 23.0 Å². The van der Waals surface area contributed by atoms with E-state index in [9.17, 15) is 0 Å². The molecule has 0 aliphatic heterocycles. The topological polar surface area (TPSA) is 57.4 Å². The molecular formula is C19H20N2O3S. The molecule has 1 aromatic heterocycles. The summed E-state index contributed by atoms with van der Waals surface area (Å²) in [6.45, 7) is 2.67. The lowest BCUT2D eigenvalue weighted by Gasteiger charge is -2.09. The number of thioether (sulfide) groups is 1. The van der Waals surface area contributed by atoms with Gasteiger partial charge in [-0.25, -0.2) is 0 Å². The SMILES string of the molecule is COc1ccc(OCCSC(C)c2nnc(-c3ccccc3)o2)cc1. The minimum atomic E-state index is 0.115. The summed E-state index contributed by atoms with van der Waals surface area (Å²) >= 11 is 1.72. The van der Waals surface area contributed by atoms with Crippen molar-refractivity contribution in [2.75, 3.05) is 19.5 Å². The molecule has 1 heterocycles. The maximum atomic E-state index is 5.77. The molecule has 0 bridgehead atoms. The van der Waals surface area contributed by atoms with Gasteiger partial charge in [-0.1, -0.05) is 18.2 Å². The molecule has 6 heteroatoms. The molecular weight excluding hydrogens is 336 g/mol. The van der Waals surface area contributed by atoms with Gasteiger partial charge in [-0.05, 0) is 43.3 Å². The second-order valence-corrected chi connectivity index (χ2v) is 6.80. The van der Waals surface area contributed by atoms with Crippen LogP contribution in [0.25, 0.3) is 11.5 Å². The van der Waals surface area contributed by atoms with Crippen LogP contribution >= 0.6 is 11.8 Å². The molecule has 1 atom stereocenters. The van der Waals surface area contributed by atoms with E-state index in [4.69, 9.17) is 13.9 Å². The van der Waals surface area contributed by atoms with E-state index in [1.807, 2.05) is 54.6 Å². The quantitative estimate of drug-likeness (QED) is 0.549. The van der Waals surface area contributed by atoms with Crippen molar-refractivity contribution >= 4 is 11.8 Å². The molecule has 0 spiro atoms. The highest BCUT2D eigenvalue weighted by Gasteiger charge is 2.15. The third-order valence-corrected chi connectivity index (χ3v) is 4.69. The van der Waals surface area contributed by atoms with Crippen molar-refractivity contribution in [2.24, 2.45) is 0 Å². The van der Waals surface area contributed by atoms with Gasteiger partial charge in [-0.2, -0.15) is 0 Å². The Labute approximate surface area is 151 Å². The molecule has 5 nitrogen and oxygen atoms in total. The van der Waals surface area contributed by atoms with E-state index < -0.39 is 0 Å². The maximum absolute atomic E-state index is 5.77. The van der Waals surface area contributed by atoms with Crippen LogP contribution in [0, 0.1) is 0 Å². The number of nitrogens with zero attached hydrogens (tertiary/aromatic N) is 2. The van der Waals surface area contributed by atoms with E-state index >= 15 is 0 Å². The van der Waals surface area contributed by atoms with Crippen LogP contribution in [0.15, 0.2) is 59.0 Å². The number of ether oxygens (including phenoxy) is 2. The van der Waals surface area contributed by atoms with Gasteiger partial charge < -0.3 is 13.9 Å². The Bertz CT molecular complexity index is 775. The van der Waals surface area contributed by atoms with Crippen LogP contribution in [0.3, 0.4) is 0 Å². The van der Waals surface area contributed by atoms with E-state index in [2.05, 4.69) is 17.1 Å². The summed E-state index contributed by atoms with van der Waals surface area (Å²) in [5, 5.41) is 8.40. The number of aromatic nitrogens is 2. The zero-order valence-electron chi connectivity index (χ0n) is 14.2. The van der Waals surface area contributed by atoms with E-state index in [1.165, 1.54) is 0 Å². The lowest BCUT2D eigenvalue weighted by molar-refractivity contribution is 0.342. The van der Waals surface area contributed by atoms with Crippen molar-refractivity contribution in [3.63, 3.8) is 0 Å². The molecule has 0 saturated heterocycles. The Kier molecular flexibility index (Phi) is 5.95. The van der Waals surface area contributed by atoms with Gasteiger partial charge in [0.25, 0.3) is 0 Å². The third-order valence-electron chi connectivity index (χ3n) is 3.59. The summed E-state index contributed by atoms with van der Waals surface area (Å²) in [7, 11) is 1.65. The first-order chi connectivity index (χ1) is 12.3. The Hall–Kier alpha value is -2.47. The van der Waals surface area contributed by atoms with E-state index in [-0.39, 0.29) is 5.25 Å². The van der Waals surface area contributed by atoms with Crippen LogP contribution in [-0.2, 0) is 0 Å². The molecule has 0 aliphatic rings. The zero-order valence-corrected chi connectivity index (χ0v) is 15.0. The lowest BCUT2D eigenvalue weighted by Crippen LogP contribution is -2.02. The van der Waals surface area contributed by atoms with Gasteiger partial charge in [0.2, 0.25) is 11.8 Å². The molecule has 130 valence electrons. The van der Waals surface area contributed by atoms with Crippen molar-refractivity contribution < 1.29 is 13.9 Å². The Morgan fingerprint density at radius 2 is 1.72 bits per heavy atom. The second kappa shape index (κ2) is 8.58. The summed E-state index contributed by atoms with van der Waals surface area (Å²) in [4.78, 5) is 0. The largest absolute Gasteiger partial charge is 0.497 e. The predicted octanol–water partition coefficient (Wildman–Crippen LogP) is 4.62. The Balaban J connectivity index is 1.46. The highest BCUT2D eigenvalue weighted by atomic mass is 32.2. The van der Waals surface area contributed by atoms with Crippen LogP contribution in [-0.4, -0.2) is 29.7 Å². The molecule has 2 aromatic carbocycles. The van der Waals surface area contributed by atoms with Crippen LogP contribution in [0.4, 0.5) is 0 Å². The first-order valence-corrected chi connectivity index (χ1v) is 9.08. The van der Waals surface area contributed by atoms with Crippen LogP contribution in [0.1, 0.15) is 18.1 Å². The zero-order chi connectivity index (χ0) is 17.5. The number of hydrogen-bond acceptors (Lipinski definition) is 6. The maximum Gasteiger partial charge on any atom is 0.247 e. The standard InChI is InChI=1S/C19H20N2O3S/c1-14(18-20-21-19(24-18)15-6-4-3-5-7-15)25-13-12-23-17-10-8-16(22-2)9-11-17/h3-11,14H,12-13H2,1-2H3. The van der Waals surface area contributed by atoms with Gasteiger partial charge in [0.15, 0.2) is 0 Å². The van der Waals surface area contributed by atoms with Crippen molar-refractivity contribution in [1.82, 2.24) is 10.2 Å². The van der Waals surface area contributed by atoms with Gasteiger partial charge >= 0.3 is 0 Å². The number of hydrogen-bond donors (Lipinski definition) is 0. The van der Waals surface area contributed by atoms with Crippen LogP contribution in [0.5, 0.6) is 11.5 Å². The lowest BCUT2D eigenvalue weighted by atomic mass is 10.2. The molecule has 0 saturated carbocycles. The van der Waals surface area contributed by atoms with E-state index in [0.29, 0.717) is 18.4 Å². The number of benzene rings is 2. The first-order valence-electron chi connectivity index (χ1n) is 8.03. The van der Waals surface area contributed by atoms with E-state index in [0.717, 1.165) is 22.8 Å². The molecule has 0 radical (unpaired) electrons. The highest BCUT2D eigenvalue weighted by Crippen LogP contribution is 2.29. The molecule has 25 heavy (non-hydrogen) atoms. The minimum absolute atomic E-state index is 0.115. The number of rotatable bonds is 8. The van der Waals surface area contributed by atoms with E-state index in [1.54, 1.807) is 18.9 Å². The van der Waals surface area contributed by atoms with Crippen LogP contribution in [0.2, 0.25) is 0 Å². The molecule has 1 unspecified atom stereocenters. The molecule has 0 amide bonds. The predicted molar refractivity (Wildman–Crippen MR) is 99.1 cm³/mol. The third kappa shape index (κ3) is 4.76. The van der Waals surface area contributed by atoms with Gasteiger partial charge in [0.05, 0.1) is 19.0 Å². The molecule has 3 aromatic rings. The normalized spacial score (nSPS) is 11.9. The smallest absolute Gasteiger partial charge is 0.247 e. The fourth-order valence-corrected chi connectivity index (χ4v) is 2.99. The highest BCUT2D eigenvalue weighted by molar-refractivity contribution is 7.99. The average Bonchev–Trinajstić information content (AvgIpc) is 3.16. The minimum Gasteiger partial charge on any atom is -0.497 e. The molecule has 0 N–H and O–H groups in total. The summed E-state index contributed by atoms with van der Waals surface area (Å²) in [5.41, 5.74) is 0.932. The molecule has 0 aliphatic carbocycles. The Morgan fingerprint density at radius 3 is 2.44 bits per heavy atom. The van der Waals surface area contributed by atoms with Gasteiger partial charge in [0, 0.05) is 11.3 Å². The van der Waals surface area contributed by atoms with Gasteiger partial charge in [-0.15, -0.1) is 22.0 Å². The molecule has 3 rings (SSSR count). The summed E-state index contributed by atoms with van der Waals surface area (Å²) in [5.74, 6) is 3.67. The number of methoxy groups -OCH3 is 1. The summed E-state index contributed by atoms with van der Waals surface area (Å²) in [6, 6.07) is 17.3. The fraction of sp³-hybridized carbons (Fsp3) is 0.263.